The van der Waals surface area contributed by atoms with Crippen molar-refractivity contribution in [2.75, 3.05) is 13.1 Å². The second-order valence-corrected chi connectivity index (χ2v) is 6.74. The van der Waals surface area contributed by atoms with Crippen LogP contribution in [0, 0.1) is 0 Å². The van der Waals surface area contributed by atoms with Gasteiger partial charge in [-0.15, -0.1) is 0 Å². The summed E-state index contributed by atoms with van der Waals surface area (Å²) in [7, 11) is 0. The fourth-order valence-corrected chi connectivity index (χ4v) is 3.51. The van der Waals surface area contributed by atoms with Gasteiger partial charge in [-0.3, -0.25) is 4.79 Å². The first-order valence-electron chi connectivity index (χ1n) is 9.28. The zero-order valence-corrected chi connectivity index (χ0v) is 14.8. The number of hydrogen-bond acceptors (Lipinski definition) is 2. The summed E-state index contributed by atoms with van der Waals surface area (Å²) in [5.74, 6) is 0.258. The van der Waals surface area contributed by atoms with E-state index in [0.29, 0.717) is 12.8 Å². The van der Waals surface area contributed by atoms with Crippen LogP contribution in [0.1, 0.15) is 24.8 Å². The van der Waals surface area contributed by atoms with Crippen LogP contribution in [0.5, 0.6) is 0 Å². The molecule has 0 bridgehead atoms. The molecule has 1 aliphatic heterocycles. The van der Waals surface area contributed by atoms with Crippen molar-refractivity contribution < 1.29 is 4.79 Å². The minimum Gasteiger partial charge on any atom is -0.343 e. The topological polar surface area (TPSA) is 38.1 Å². The summed E-state index contributed by atoms with van der Waals surface area (Å²) in [5.41, 5.74) is 4.20. The zero-order valence-electron chi connectivity index (χ0n) is 14.8. The van der Waals surface area contributed by atoms with E-state index in [1.165, 1.54) is 0 Å². The van der Waals surface area contributed by atoms with Gasteiger partial charge in [-0.1, -0.05) is 48.5 Å². The van der Waals surface area contributed by atoms with Crippen LogP contribution in [0.3, 0.4) is 0 Å². The molecule has 1 saturated heterocycles. The maximum atomic E-state index is 12.4. The Morgan fingerprint density at radius 1 is 0.923 bits per heavy atom. The Morgan fingerprint density at radius 2 is 1.58 bits per heavy atom. The Kier molecular flexibility index (Phi) is 4.82. The molecule has 0 radical (unpaired) electrons. The minimum absolute atomic E-state index is 0.258. The van der Waals surface area contributed by atoms with E-state index in [-0.39, 0.29) is 5.91 Å². The number of likely N-dealkylation sites (tertiary alicyclic amines) is 1. The summed E-state index contributed by atoms with van der Waals surface area (Å²) in [6.07, 6.45) is 5.58. The van der Waals surface area contributed by atoms with Gasteiger partial charge in [0.15, 0.2) is 0 Å². The van der Waals surface area contributed by atoms with Crippen LogP contribution >= 0.6 is 0 Å². The third kappa shape index (κ3) is 3.54. The molecule has 26 heavy (non-hydrogen) atoms. The number of nitrogens with zero attached hydrogens (tertiary/aromatic N) is 3. The van der Waals surface area contributed by atoms with Crippen LogP contribution in [0.15, 0.2) is 66.9 Å². The molecule has 0 unspecified atom stereocenters. The molecule has 0 atom stereocenters. The van der Waals surface area contributed by atoms with Crippen LogP contribution in [0.25, 0.3) is 16.9 Å². The molecular formula is C22H23N3O. The Hall–Kier alpha value is -2.88. The third-order valence-electron chi connectivity index (χ3n) is 4.92. The van der Waals surface area contributed by atoms with Crippen LogP contribution in [-0.4, -0.2) is 33.7 Å². The summed E-state index contributed by atoms with van der Waals surface area (Å²) in [6.45, 7) is 1.82. The van der Waals surface area contributed by atoms with E-state index >= 15 is 0 Å². The lowest BCUT2D eigenvalue weighted by Crippen LogP contribution is -2.27. The number of rotatable bonds is 5. The third-order valence-corrected chi connectivity index (χ3v) is 4.92. The van der Waals surface area contributed by atoms with Crippen molar-refractivity contribution in [1.29, 1.82) is 0 Å². The van der Waals surface area contributed by atoms with Gasteiger partial charge < -0.3 is 4.90 Å². The van der Waals surface area contributed by atoms with Crippen molar-refractivity contribution in [3.05, 3.63) is 72.4 Å². The highest BCUT2D eigenvalue weighted by Crippen LogP contribution is 2.25. The Morgan fingerprint density at radius 3 is 2.27 bits per heavy atom. The highest BCUT2D eigenvalue weighted by molar-refractivity contribution is 5.77. The summed E-state index contributed by atoms with van der Waals surface area (Å²) >= 11 is 0. The molecule has 3 aromatic rings. The molecule has 4 heteroatoms. The largest absolute Gasteiger partial charge is 0.343 e. The van der Waals surface area contributed by atoms with Gasteiger partial charge in [0, 0.05) is 31.3 Å². The smallest absolute Gasteiger partial charge is 0.222 e. The van der Waals surface area contributed by atoms with E-state index in [2.05, 4.69) is 18.3 Å². The molecule has 0 saturated carbocycles. The number of benzene rings is 2. The second-order valence-electron chi connectivity index (χ2n) is 6.74. The maximum absolute atomic E-state index is 12.4. The molecule has 2 aromatic carbocycles. The minimum atomic E-state index is 0.258. The van der Waals surface area contributed by atoms with Crippen molar-refractivity contribution >= 4 is 5.91 Å². The Balaban J connectivity index is 1.61. The van der Waals surface area contributed by atoms with Crippen LogP contribution in [0.4, 0.5) is 0 Å². The van der Waals surface area contributed by atoms with Gasteiger partial charge in [-0.25, -0.2) is 4.68 Å². The van der Waals surface area contributed by atoms with E-state index in [4.69, 9.17) is 5.10 Å². The first kappa shape index (κ1) is 16.6. The number of aryl methyl sites for hydroxylation is 1. The maximum Gasteiger partial charge on any atom is 0.222 e. The molecule has 1 fully saturated rings. The van der Waals surface area contributed by atoms with E-state index in [1.807, 2.05) is 58.1 Å². The Labute approximate surface area is 154 Å². The number of para-hydroxylation sites is 1. The highest BCUT2D eigenvalue weighted by Gasteiger charge is 2.19. The summed E-state index contributed by atoms with van der Waals surface area (Å²) in [6, 6.07) is 20.3. The van der Waals surface area contributed by atoms with Gasteiger partial charge >= 0.3 is 0 Å². The molecule has 4 nitrogen and oxygen atoms in total. The SMILES string of the molecule is O=C(CCc1cn(-c2ccccc2)nc1-c1ccccc1)N1CCCC1. The van der Waals surface area contributed by atoms with E-state index < -0.39 is 0 Å². The summed E-state index contributed by atoms with van der Waals surface area (Å²) in [4.78, 5) is 14.4. The first-order valence-corrected chi connectivity index (χ1v) is 9.28. The lowest BCUT2D eigenvalue weighted by molar-refractivity contribution is -0.130. The van der Waals surface area contributed by atoms with Crippen molar-refractivity contribution in [2.45, 2.75) is 25.7 Å². The molecule has 0 spiro atoms. The first-order chi connectivity index (χ1) is 12.8. The van der Waals surface area contributed by atoms with Crippen LogP contribution in [-0.2, 0) is 11.2 Å². The summed E-state index contributed by atoms with van der Waals surface area (Å²) < 4.78 is 1.91. The molecule has 132 valence electrons. The fourth-order valence-electron chi connectivity index (χ4n) is 3.51. The fraction of sp³-hybridized carbons (Fsp3) is 0.273. The summed E-state index contributed by atoms with van der Waals surface area (Å²) in [5, 5.41) is 4.82. The standard InChI is InChI=1S/C22H23N3O/c26-21(24-15-7-8-16-24)14-13-19-17-25(20-11-5-2-6-12-20)23-22(19)18-9-3-1-4-10-18/h1-6,9-12,17H,7-8,13-16H2. The van der Waals surface area contributed by atoms with E-state index in [1.54, 1.807) is 0 Å². The molecule has 1 amide bonds. The highest BCUT2D eigenvalue weighted by atomic mass is 16.2. The van der Waals surface area contributed by atoms with Crippen molar-refractivity contribution in [2.24, 2.45) is 0 Å². The molecular weight excluding hydrogens is 322 g/mol. The van der Waals surface area contributed by atoms with Gasteiger partial charge in [-0.05, 0) is 37.0 Å². The van der Waals surface area contributed by atoms with Crippen LogP contribution in [0.2, 0.25) is 0 Å². The quantitative estimate of drug-likeness (QED) is 0.698. The predicted octanol–water partition coefficient (Wildman–Crippen LogP) is 4.09. The number of carbonyl (C=O) groups is 1. The Bertz CT molecular complexity index is 865. The van der Waals surface area contributed by atoms with Gasteiger partial charge in [-0.2, -0.15) is 5.10 Å². The number of carbonyl (C=O) groups excluding carboxylic acids is 1. The number of amides is 1. The number of aromatic nitrogens is 2. The lowest BCUT2D eigenvalue weighted by Gasteiger charge is -2.14. The number of hydrogen-bond donors (Lipinski definition) is 0. The molecule has 0 N–H and O–H groups in total. The van der Waals surface area contributed by atoms with Crippen molar-refractivity contribution in [3.63, 3.8) is 0 Å². The molecule has 1 aliphatic rings. The molecule has 1 aromatic heterocycles. The lowest BCUT2D eigenvalue weighted by atomic mass is 10.0. The molecule has 2 heterocycles. The normalized spacial score (nSPS) is 13.9. The van der Waals surface area contributed by atoms with Crippen molar-refractivity contribution in [1.82, 2.24) is 14.7 Å². The second kappa shape index (κ2) is 7.56. The van der Waals surface area contributed by atoms with Gasteiger partial charge in [0.2, 0.25) is 5.91 Å². The van der Waals surface area contributed by atoms with E-state index in [0.717, 1.165) is 48.4 Å². The van der Waals surface area contributed by atoms with Gasteiger partial charge in [0.05, 0.1) is 11.4 Å². The van der Waals surface area contributed by atoms with Crippen LogP contribution < -0.4 is 0 Å². The average Bonchev–Trinajstić information content (AvgIpc) is 3.38. The van der Waals surface area contributed by atoms with E-state index in [9.17, 15) is 4.79 Å². The zero-order chi connectivity index (χ0) is 17.8. The van der Waals surface area contributed by atoms with Gasteiger partial charge in [0.25, 0.3) is 0 Å². The average molecular weight is 345 g/mol. The van der Waals surface area contributed by atoms with Crippen molar-refractivity contribution in [3.8, 4) is 16.9 Å². The monoisotopic (exact) mass is 345 g/mol. The molecule has 4 rings (SSSR count). The molecule has 0 aliphatic carbocycles. The predicted molar refractivity (Wildman–Crippen MR) is 103 cm³/mol. The van der Waals surface area contributed by atoms with Gasteiger partial charge in [0.1, 0.15) is 0 Å².